The average Bonchev–Trinajstić information content (AvgIpc) is 2.93. The normalized spacial score (nSPS) is 15.4. The van der Waals surface area contributed by atoms with E-state index in [1.54, 1.807) is 11.3 Å². The van der Waals surface area contributed by atoms with E-state index in [1.807, 2.05) is 23.6 Å². The number of ether oxygens (including phenoxy) is 2. The van der Waals surface area contributed by atoms with E-state index in [4.69, 9.17) is 15.3 Å². The lowest BCUT2D eigenvalue weighted by Gasteiger charge is -2.21. The number of rotatable bonds is 3. The van der Waals surface area contributed by atoms with Crippen LogP contribution >= 0.6 is 11.3 Å². The minimum absolute atomic E-state index is 0.0212. The van der Waals surface area contributed by atoms with Gasteiger partial charge in [0.15, 0.2) is 11.5 Å². The van der Waals surface area contributed by atoms with Gasteiger partial charge in [-0.05, 0) is 40.1 Å². The molecule has 0 aliphatic carbocycles. The maximum atomic E-state index is 5.65. The highest BCUT2D eigenvalue weighted by Crippen LogP contribution is 2.34. The SMILES string of the molecule is NNC(c1ccsc1)c1ccc2c(c1)OCCO2. The van der Waals surface area contributed by atoms with Crippen molar-refractivity contribution in [2.24, 2.45) is 5.84 Å². The molecule has 3 N–H and O–H groups in total. The Kier molecular flexibility index (Phi) is 3.19. The number of nitrogens with two attached hydrogens (primary N) is 1. The monoisotopic (exact) mass is 262 g/mol. The Morgan fingerprint density at radius 2 is 1.94 bits per heavy atom. The molecule has 0 fully saturated rings. The van der Waals surface area contributed by atoms with Crippen molar-refractivity contribution in [3.05, 3.63) is 46.2 Å². The van der Waals surface area contributed by atoms with Crippen molar-refractivity contribution in [2.75, 3.05) is 13.2 Å². The average molecular weight is 262 g/mol. The molecule has 0 spiro atoms. The van der Waals surface area contributed by atoms with Crippen molar-refractivity contribution in [3.63, 3.8) is 0 Å². The summed E-state index contributed by atoms with van der Waals surface area (Å²) in [6, 6.07) is 7.96. The van der Waals surface area contributed by atoms with Crippen LogP contribution in [-0.2, 0) is 0 Å². The second kappa shape index (κ2) is 4.97. The van der Waals surface area contributed by atoms with Gasteiger partial charge in [-0.15, -0.1) is 0 Å². The first-order chi connectivity index (χ1) is 8.88. The quantitative estimate of drug-likeness (QED) is 0.657. The van der Waals surface area contributed by atoms with E-state index in [2.05, 4.69) is 16.9 Å². The molecule has 0 amide bonds. The lowest BCUT2D eigenvalue weighted by atomic mass is 10.0. The van der Waals surface area contributed by atoms with E-state index in [0.29, 0.717) is 13.2 Å². The van der Waals surface area contributed by atoms with Gasteiger partial charge in [0.25, 0.3) is 0 Å². The van der Waals surface area contributed by atoms with Gasteiger partial charge in [-0.25, -0.2) is 5.43 Å². The molecule has 1 atom stereocenters. The molecular weight excluding hydrogens is 248 g/mol. The largest absolute Gasteiger partial charge is 0.486 e. The molecule has 18 heavy (non-hydrogen) atoms. The van der Waals surface area contributed by atoms with Crippen LogP contribution in [0.1, 0.15) is 17.2 Å². The van der Waals surface area contributed by atoms with Gasteiger partial charge >= 0.3 is 0 Å². The molecule has 0 bridgehead atoms. The molecular formula is C13H14N2O2S. The predicted octanol–water partition coefficient (Wildman–Crippen LogP) is 2.07. The van der Waals surface area contributed by atoms with Gasteiger partial charge < -0.3 is 9.47 Å². The molecule has 5 heteroatoms. The zero-order chi connectivity index (χ0) is 12.4. The fourth-order valence-corrected chi connectivity index (χ4v) is 2.75. The third-order valence-electron chi connectivity index (χ3n) is 2.94. The highest BCUT2D eigenvalue weighted by Gasteiger charge is 2.17. The van der Waals surface area contributed by atoms with Gasteiger partial charge in [0.1, 0.15) is 13.2 Å². The van der Waals surface area contributed by atoms with E-state index in [9.17, 15) is 0 Å². The Morgan fingerprint density at radius 1 is 1.11 bits per heavy atom. The van der Waals surface area contributed by atoms with Gasteiger partial charge in [-0.1, -0.05) is 6.07 Å². The zero-order valence-corrected chi connectivity index (χ0v) is 10.6. The Bertz CT molecular complexity index is 528. The summed E-state index contributed by atoms with van der Waals surface area (Å²) in [5.41, 5.74) is 5.06. The number of thiophene rings is 1. The lowest BCUT2D eigenvalue weighted by molar-refractivity contribution is 0.171. The summed E-state index contributed by atoms with van der Waals surface area (Å²) in [6.07, 6.45) is 0. The molecule has 1 aromatic carbocycles. The van der Waals surface area contributed by atoms with Crippen LogP contribution in [0.4, 0.5) is 0 Å². The second-order valence-electron chi connectivity index (χ2n) is 4.06. The minimum Gasteiger partial charge on any atom is -0.486 e. The van der Waals surface area contributed by atoms with E-state index in [0.717, 1.165) is 22.6 Å². The number of hydrogen-bond donors (Lipinski definition) is 2. The maximum absolute atomic E-state index is 5.65. The summed E-state index contributed by atoms with van der Waals surface area (Å²) in [4.78, 5) is 0. The molecule has 0 saturated heterocycles. The predicted molar refractivity (Wildman–Crippen MR) is 70.9 cm³/mol. The third kappa shape index (κ3) is 2.08. The Labute approximate surface area is 109 Å². The number of benzene rings is 1. The highest BCUT2D eigenvalue weighted by molar-refractivity contribution is 7.08. The molecule has 1 aliphatic rings. The third-order valence-corrected chi connectivity index (χ3v) is 3.64. The molecule has 2 heterocycles. The fraction of sp³-hybridized carbons (Fsp3) is 0.231. The van der Waals surface area contributed by atoms with Crippen molar-refractivity contribution < 1.29 is 9.47 Å². The van der Waals surface area contributed by atoms with Crippen LogP contribution in [-0.4, -0.2) is 13.2 Å². The van der Waals surface area contributed by atoms with Gasteiger partial charge in [0.05, 0.1) is 6.04 Å². The zero-order valence-electron chi connectivity index (χ0n) is 9.76. The summed E-state index contributed by atoms with van der Waals surface area (Å²) >= 11 is 1.66. The molecule has 4 nitrogen and oxygen atoms in total. The molecule has 0 saturated carbocycles. The van der Waals surface area contributed by atoms with E-state index < -0.39 is 0 Å². The molecule has 1 aliphatic heterocycles. The van der Waals surface area contributed by atoms with Gasteiger partial charge in [0, 0.05) is 0 Å². The van der Waals surface area contributed by atoms with Crippen molar-refractivity contribution in [2.45, 2.75) is 6.04 Å². The first-order valence-corrected chi connectivity index (χ1v) is 6.70. The van der Waals surface area contributed by atoms with Crippen LogP contribution in [0, 0.1) is 0 Å². The van der Waals surface area contributed by atoms with Crippen LogP contribution in [0.3, 0.4) is 0 Å². The first-order valence-electron chi connectivity index (χ1n) is 5.76. The Hall–Kier alpha value is -1.56. The van der Waals surface area contributed by atoms with Crippen LogP contribution < -0.4 is 20.7 Å². The Morgan fingerprint density at radius 3 is 2.67 bits per heavy atom. The minimum atomic E-state index is -0.0212. The molecule has 0 radical (unpaired) electrons. The van der Waals surface area contributed by atoms with Crippen LogP contribution in [0.5, 0.6) is 11.5 Å². The number of hydrogen-bond acceptors (Lipinski definition) is 5. The lowest BCUT2D eigenvalue weighted by Crippen LogP contribution is -2.28. The molecule has 3 rings (SSSR count). The van der Waals surface area contributed by atoms with Gasteiger partial charge in [-0.3, -0.25) is 5.84 Å². The van der Waals surface area contributed by atoms with E-state index in [1.165, 1.54) is 0 Å². The second-order valence-corrected chi connectivity index (χ2v) is 4.84. The first kappa shape index (κ1) is 11.5. The van der Waals surface area contributed by atoms with Crippen molar-refractivity contribution in [3.8, 4) is 11.5 Å². The fourth-order valence-electron chi connectivity index (χ4n) is 2.06. The summed E-state index contributed by atoms with van der Waals surface area (Å²) in [5, 5.41) is 4.12. The summed E-state index contributed by atoms with van der Waals surface area (Å²) in [5.74, 6) is 7.24. The smallest absolute Gasteiger partial charge is 0.161 e. The van der Waals surface area contributed by atoms with Crippen molar-refractivity contribution in [1.82, 2.24) is 5.43 Å². The highest BCUT2D eigenvalue weighted by atomic mass is 32.1. The summed E-state index contributed by atoms with van der Waals surface area (Å²) in [6.45, 7) is 1.20. The van der Waals surface area contributed by atoms with Gasteiger partial charge in [0.2, 0.25) is 0 Å². The number of fused-ring (bicyclic) bond motifs is 1. The molecule has 94 valence electrons. The maximum Gasteiger partial charge on any atom is 0.161 e. The number of nitrogens with one attached hydrogen (secondary N) is 1. The molecule has 1 unspecified atom stereocenters. The molecule has 1 aromatic heterocycles. The van der Waals surface area contributed by atoms with Crippen LogP contribution in [0.2, 0.25) is 0 Å². The van der Waals surface area contributed by atoms with Crippen LogP contribution in [0.15, 0.2) is 35.0 Å². The number of hydrazine groups is 1. The van der Waals surface area contributed by atoms with Crippen LogP contribution in [0.25, 0.3) is 0 Å². The van der Waals surface area contributed by atoms with E-state index >= 15 is 0 Å². The summed E-state index contributed by atoms with van der Waals surface area (Å²) < 4.78 is 11.1. The summed E-state index contributed by atoms with van der Waals surface area (Å²) in [7, 11) is 0. The Balaban J connectivity index is 1.95. The molecule has 2 aromatic rings. The van der Waals surface area contributed by atoms with Gasteiger partial charge in [-0.2, -0.15) is 11.3 Å². The van der Waals surface area contributed by atoms with E-state index in [-0.39, 0.29) is 6.04 Å². The van der Waals surface area contributed by atoms with Crippen molar-refractivity contribution in [1.29, 1.82) is 0 Å². The standard InChI is InChI=1S/C13H14N2O2S/c14-15-13(10-3-6-18-8-10)9-1-2-11-12(7-9)17-5-4-16-11/h1-3,6-8,13,15H,4-5,14H2. The van der Waals surface area contributed by atoms with Crippen molar-refractivity contribution >= 4 is 11.3 Å². The topological polar surface area (TPSA) is 56.5 Å².